The number of halogens is 2. The molecule has 0 radical (unpaired) electrons. The molecule has 3 rings (SSSR count). The summed E-state index contributed by atoms with van der Waals surface area (Å²) in [6.07, 6.45) is 6.38. The lowest BCUT2D eigenvalue weighted by molar-refractivity contribution is -0.142. The summed E-state index contributed by atoms with van der Waals surface area (Å²) in [5.74, 6) is -0.706. The third kappa shape index (κ3) is 6.37. The second-order valence-electron chi connectivity index (χ2n) is 8.04. The van der Waals surface area contributed by atoms with Gasteiger partial charge in [0.15, 0.2) is 0 Å². The van der Waals surface area contributed by atoms with E-state index in [1.807, 2.05) is 0 Å². The van der Waals surface area contributed by atoms with Crippen molar-refractivity contribution in [2.45, 2.75) is 38.6 Å². The van der Waals surface area contributed by atoms with Crippen LogP contribution in [0, 0.1) is 11.8 Å². The first-order valence-electron chi connectivity index (χ1n) is 10.4. The Hall–Kier alpha value is -2.25. The van der Waals surface area contributed by atoms with Crippen molar-refractivity contribution in [1.82, 2.24) is 10.2 Å². The maximum Gasteiger partial charge on any atom is 0.325 e. The van der Waals surface area contributed by atoms with Crippen molar-refractivity contribution in [3.63, 3.8) is 0 Å². The summed E-state index contributed by atoms with van der Waals surface area (Å²) >= 11 is 12.6. The van der Waals surface area contributed by atoms with E-state index in [0.29, 0.717) is 59.8 Å². The molecule has 1 aromatic carbocycles. The fraction of sp³-hybridized carbons (Fsp3) is 0.500. The second kappa shape index (κ2) is 10.4. The first kappa shape index (κ1) is 23.4. The van der Waals surface area contributed by atoms with Gasteiger partial charge in [0.2, 0.25) is 11.8 Å². The number of likely N-dealkylation sites (tertiary alicyclic amines) is 1. The number of amides is 2. The molecular weight excluding hydrogens is 443 g/mol. The van der Waals surface area contributed by atoms with Crippen LogP contribution in [0.3, 0.4) is 0 Å². The van der Waals surface area contributed by atoms with E-state index in [9.17, 15) is 14.4 Å². The van der Waals surface area contributed by atoms with Crippen LogP contribution in [0.5, 0.6) is 5.75 Å². The van der Waals surface area contributed by atoms with Crippen LogP contribution < -0.4 is 10.1 Å². The number of carboxylic acid groups (broad SMARTS) is 1. The van der Waals surface area contributed by atoms with Crippen molar-refractivity contribution < 1.29 is 24.2 Å². The van der Waals surface area contributed by atoms with Crippen LogP contribution in [0.2, 0.25) is 10.0 Å². The van der Waals surface area contributed by atoms with E-state index in [1.54, 1.807) is 23.1 Å². The van der Waals surface area contributed by atoms with Crippen molar-refractivity contribution in [1.29, 1.82) is 0 Å². The first-order chi connectivity index (χ1) is 14.8. The third-order valence-electron chi connectivity index (χ3n) is 5.56. The van der Waals surface area contributed by atoms with Crippen LogP contribution in [0.1, 0.15) is 38.2 Å². The number of benzene rings is 1. The Morgan fingerprint density at radius 1 is 1.19 bits per heavy atom. The summed E-state index contributed by atoms with van der Waals surface area (Å²) in [4.78, 5) is 37.2. The predicted octanol–water partition coefficient (Wildman–Crippen LogP) is 3.62. The van der Waals surface area contributed by atoms with E-state index in [-0.39, 0.29) is 17.7 Å². The van der Waals surface area contributed by atoms with Crippen molar-refractivity contribution in [2.75, 3.05) is 19.7 Å². The van der Waals surface area contributed by atoms with Crippen molar-refractivity contribution >= 4 is 47.1 Å². The van der Waals surface area contributed by atoms with Gasteiger partial charge >= 0.3 is 5.97 Å². The van der Waals surface area contributed by atoms with Gasteiger partial charge in [0.1, 0.15) is 16.8 Å². The van der Waals surface area contributed by atoms with Gasteiger partial charge in [-0.25, -0.2) is 0 Å². The first-order valence-corrected chi connectivity index (χ1v) is 11.1. The molecule has 2 amide bonds. The highest BCUT2D eigenvalue weighted by Gasteiger charge is 2.28. The monoisotopic (exact) mass is 468 g/mol. The van der Waals surface area contributed by atoms with E-state index in [0.717, 1.165) is 0 Å². The van der Waals surface area contributed by atoms with E-state index in [2.05, 4.69) is 5.32 Å². The maximum atomic E-state index is 12.5. The van der Waals surface area contributed by atoms with Gasteiger partial charge in [0, 0.05) is 25.1 Å². The van der Waals surface area contributed by atoms with E-state index in [1.165, 1.54) is 25.8 Å². The Labute approximate surface area is 191 Å². The number of rotatable bonds is 8. The van der Waals surface area contributed by atoms with Crippen LogP contribution >= 0.6 is 23.2 Å². The summed E-state index contributed by atoms with van der Waals surface area (Å²) in [5, 5.41) is 12.0. The molecule has 7 nitrogen and oxygen atoms in total. The Balaban J connectivity index is 1.52. The average molecular weight is 469 g/mol. The van der Waals surface area contributed by atoms with Gasteiger partial charge in [0.05, 0.1) is 11.6 Å². The highest BCUT2D eigenvalue weighted by atomic mass is 35.5. The minimum atomic E-state index is -1.08. The van der Waals surface area contributed by atoms with E-state index < -0.39 is 12.0 Å². The molecule has 0 aromatic heterocycles. The molecule has 1 aliphatic heterocycles. The van der Waals surface area contributed by atoms with Gasteiger partial charge in [-0.3, -0.25) is 14.4 Å². The number of carboxylic acids is 1. The van der Waals surface area contributed by atoms with Crippen LogP contribution in [0.4, 0.5) is 0 Å². The number of aliphatic carboxylic acids is 1. The zero-order chi connectivity index (χ0) is 22.5. The molecule has 0 spiro atoms. The normalized spacial score (nSPS) is 18.1. The lowest BCUT2D eigenvalue weighted by atomic mass is 9.95. The van der Waals surface area contributed by atoms with Crippen LogP contribution in [-0.4, -0.2) is 53.5 Å². The zero-order valence-corrected chi connectivity index (χ0v) is 18.8. The molecule has 2 aliphatic rings. The van der Waals surface area contributed by atoms with Gasteiger partial charge in [-0.15, -0.1) is 0 Å². The molecule has 31 heavy (non-hydrogen) atoms. The summed E-state index contributed by atoms with van der Waals surface area (Å²) in [5.41, 5.74) is 0.621. The maximum absolute atomic E-state index is 12.5. The molecule has 1 aliphatic carbocycles. The van der Waals surface area contributed by atoms with Crippen molar-refractivity contribution in [2.24, 2.45) is 11.8 Å². The number of carbonyl (C=O) groups is 3. The molecule has 0 bridgehead atoms. The third-order valence-corrected chi connectivity index (χ3v) is 6.44. The smallest absolute Gasteiger partial charge is 0.325 e. The molecular formula is C22H26Cl2N2O5. The minimum absolute atomic E-state index is 0.181. The largest absolute Gasteiger partial charge is 0.492 e. The van der Waals surface area contributed by atoms with Crippen molar-refractivity contribution in [3.8, 4) is 5.75 Å². The van der Waals surface area contributed by atoms with Gasteiger partial charge in [0.25, 0.3) is 0 Å². The average Bonchev–Trinajstić information content (AvgIpc) is 3.58. The summed E-state index contributed by atoms with van der Waals surface area (Å²) < 4.78 is 5.70. The Kier molecular flexibility index (Phi) is 7.84. The van der Waals surface area contributed by atoms with Crippen molar-refractivity contribution in [3.05, 3.63) is 33.8 Å². The lowest BCUT2D eigenvalue weighted by Gasteiger charge is -2.31. The molecule has 1 atom stereocenters. The molecule has 168 valence electrons. The molecule has 2 fully saturated rings. The molecule has 2 N–H and O–H groups in total. The number of hydrogen-bond donors (Lipinski definition) is 2. The standard InChI is InChI=1S/C22H26Cl2N2O5/c1-13(22(29)30)25-21(28)16-8-10-26(11-9-16)18(27)7-5-15-4-6-17(20(24)19(15)23)31-12-14-2-3-14/h4-7,13-14,16H,2-3,8-12H2,1H3,(H,25,28)(H,29,30)/b7-5+. The topological polar surface area (TPSA) is 95.9 Å². The van der Waals surface area contributed by atoms with Crippen LogP contribution in [0.25, 0.3) is 6.08 Å². The fourth-order valence-electron chi connectivity index (χ4n) is 3.30. The fourth-order valence-corrected chi connectivity index (χ4v) is 3.75. The summed E-state index contributed by atoms with van der Waals surface area (Å²) in [6, 6.07) is 2.58. The summed E-state index contributed by atoms with van der Waals surface area (Å²) in [6.45, 7) is 2.90. The highest BCUT2D eigenvalue weighted by Crippen LogP contribution is 2.37. The van der Waals surface area contributed by atoms with E-state index in [4.69, 9.17) is 33.0 Å². The van der Waals surface area contributed by atoms with Gasteiger partial charge in [-0.2, -0.15) is 0 Å². The number of nitrogens with one attached hydrogen (secondary N) is 1. The molecule has 9 heteroatoms. The SMILES string of the molecule is CC(NC(=O)C1CCN(C(=O)/C=C/c2ccc(OCC3CC3)c(Cl)c2Cl)CC1)C(=O)O. The minimum Gasteiger partial charge on any atom is -0.492 e. The number of carbonyl (C=O) groups excluding carboxylic acids is 2. The molecule has 1 unspecified atom stereocenters. The van der Waals surface area contributed by atoms with Gasteiger partial charge in [-0.1, -0.05) is 23.2 Å². The molecule has 1 saturated carbocycles. The van der Waals surface area contributed by atoms with Crippen LogP contribution in [-0.2, 0) is 14.4 Å². The second-order valence-corrected chi connectivity index (χ2v) is 8.79. The number of piperidine rings is 1. The molecule has 1 saturated heterocycles. The quantitative estimate of drug-likeness (QED) is 0.567. The molecule has 1 heterocycles. The van der Waals surface area contributed by atoms with Gasteiger partial charge < -0.3 is 20.1 Å². The predicted molar refractivity (Wildman–Crippen MR) is 118 cm³/mol. The zero-order valence-electron chi connectivity index (χ0n) is 17.3. The molecule has 1 aromatic rings. The number of ether oxygens (including phenoxy) is 1. The Morgan fingerprint density at radius 2 is 1.87 bits per heavy atom. The van der Waals surface area contributed by atoms with Gasteiger partial charge in [-0.05, 0) is 62.3 Å². The number of nitrogens with zero attached hydrogens (tertiary/aromatic N) is 1. The Morgan fingerprint density at radius 3 is 2.48 bits per heavy atom. The Bertz CT molecular complexity index is 877. The van der Waals surface area contributed by atoms with E-state index >= 15 is 0 Å². The highest BCUT2D eigenvalue weighted by molar-refractivity contribution is 6.43. The lowest BCUT2D eigenvalue weighted by Crippen LogP contribution is -2.46. The van der Waals surface area contributed by atoms with Crippen LogP contribution in [0.15, 0.2) is 18.2 Å². The summed E-state index contributed by atoms with van der Waals surface area (Å²) in [7, 11) is 0. The number of hydrogen-bond acceptors (Lipinski definition) is 4.